The molecule has 0 N–H and O–H groups in total. The van der Waals surface area contributed by atoms with Gasteiger partial charge in [0.15, 0.2) is 5.78 Å². The number of allylic oxidation sites excluding steroid dienone is 3. The molecule has 62 valence electrons. The van der Waals surface area contributed by atoms with Gasteiger partial charge in [-0.1, -0.05) is 18.2 Å². The molecule has 0 saturated carbocycles. The minimum atomic E-state index is 0.0748. The van der Waals surface area contributed by atoms with E-state index in [-0.39, 0.29) is 5.78 Å². The monoisotopic (exact) mass is 178 g/mol. The molecule has 1 nitrogen and oxygen atoms in total. The lowest BCUT2D eigenvalue weighted by atomic mass is 10.3. The zero-order valence-corrected chi connectivity index (χ0v) is 7.67. The van der Waals surface area contributed by atoms with Crippen molar-refractivity contribution in [3.8, 4) is 0 Å². The van der Waals surface area contributed by atoms with Gasteiger partial charge in [0.1, 0.15) is 0 Å². The number of hydrogen-bond donors (Lipinski definition) is 0. The second-order valence-corrected chi connectivity index (χ2v) is 3.32. The zero-order chi connectivity index (χ0) is 8.81. The largest absolute Gasteiger partial charge is 0.295 e. The van der Waals surface area contributed by atoms with Crippen LogP contribution < -0.4 is 0 Å². The molecule has 0 atom stereocenters. The summed E-state index contributed by atoms with van der Waals surface area (Å²) in [6, 6.07) is 4.03. The fourth-order valence-electron chi connectivity index (χ4n) is 0.728. The maximum Gasteiger partial charge on any atom is 0.152 e. The highest BCUT2D eigenvalue weighted by Gasteiger charge is 1.82. The van der Waals surface area contributed by atoms with E-state index in [0.717, 1.165) is 0 Å². The van der Waals surface area contributed by atoms with Crippen molar-refractivity contribution in [2.24, 2.45) is 0 Å². The molecular formula is C10H10OS. The van der Waals surface area contributed by atoms with E-state index in [0.29, 0.717) is 0 Å². The summed E-state index contributed by atoms with van der Waals surface area (Å²) in [7, 11) is 0. The van der Waals surface area contributed by atoms with Crippen molar-refractivity contribution >= 4 is 23.2 Å². The number of thiophene rings is 1. The molecule has 0 amide bonds. The van der Waals surface area contributed by atoms with Crippen LogP contribution in [-0.4, -0.2) is 5.78 Å². The lowest BCUT2D eigenvalue weighted by molar-refractivity contribution is -0.112. The predicted molar refractivity (Wildman–Crippen MR) is 53.2 cm³/mol. The molecule has 1 aromatic heterocycles. The zero-order valence-electron chi connectivity index (χ0n) is 6.86. The van der Waals surface area contributed by atoms with Gasteiger partial charge in [-0.2, -0.15) is 0 Å². The summed E-state index contributed by atoms with van der Waals surface area (Å²) in [4.78, 5) is 11.7. The van der Waals surface area contributed by atoms with Crippen molar-refractivity contribution in [2.75, 3.05) is 0 Å². The SMILES string of the molecule is CC(=O)/C=C/C=C/c1cccs1. The Kier molecular flexibility index (Phi) is 3.48. The van der Waals surface area contributed by atoms with Crippen LogP contribution in [0.15, 0.2) is 35.7 Å². The van der Waals surface area contributed by atoms with Crippen LogP contribution in [-0.2, 0) is 4.79 Å². The van der Waals surface area contributed by atoms with E-state index in [9.17, 15) is 4.79 Å². The molecule has 0 spiro atoms. The normalized spacial score (nSPS) is 11.4. The Hall–Kier alpha value is -1.15. The molecule has 0 bridgehead atoms. The van der Waals surface area contributed by atoms with E-state index >= 15 is 0 Å². The first-order chi connectivity index (χ1) is 5.79. The summed E-state index contributed by atoms with van der Waals surface area (Å²) in [6.07, 6.45) is 7.14. The van der Waals surface area contributed by atoms with Gasteiger partial charge in [-0.25, -0.2) is 0 Å². The van der Waals surface area contributed by atoms with E-state index < -0.39 is 0 Å². The molecule has 0 aliphatic carbocycles. The van der Waals surface area contributed by atoms with Crippen LogP contribution in [0.4, 0.5) is 0 Å². The molecule has 0 unspecified atom stereocenters. The highest BCUT2D eigenvalue weighted by atomic mass is 32.1. The Morgan fingerprint density at radius 1 is 1.50 bits per heavy atom. The molecule has 1 aromatic rings. The maximum atomic E-state index is 10.5. The van der Waals surface area contributed by atoms with E-state index in [2.05, 4.69) is 0 Å². The molecule has 0 saturated heterocycles. The van der Waals surface area contributed by atoms with Crippen LogP contribution in [0.2, 0.25) is 0 Å². The fraction of sp³-hybridized carbons (Fsp3) is 0.100. The molecule has 0 radical (unpaired) electrons. The average Bonchev–Trinajstić information content (AvgIpc) is 2.49. The molecule has 12 heavy (non-hydrogen) atoms. The Morgan fingerprint density at radius 3 is 2.92 bits per heavy atom. The third-order valence-corrected chi connectivity index (χ3v) is 2.08. The first-order valence-corrected chi connectivity index (χ1v) is 4.56. The Labute approximate surface area is 76.0 Å². The highest BCUT2D eigenvalue weighted by Crippen LogP contribution is 2.09. The third kappa shape index (κ3) is 3.30. The van der Waals surface area contributed by atoms with Crippen LogP contribution in [0.5, 0.6) is 0 Å². The molecule has 1 heterocycles. The highest BCUT2D eigenvalue weighted by molar-refractivity contribution is 7.10. The van der Waals surface area contributed by atoms with E-state index in [1.54, 1.807) is 23.5 Å². The summed E-state index contributed by atoms with van der Waals surface area (Å²) in [6.45, 7) is 1.54. The first-order valence-electron chi connectivity index (χ1n) is 3.68. The van der Waals surface area contributed by atoms with E-state index in [4.69, 9.17) is 0 Å². The number of hydrogen-bond acceptors (Lipinski definition) is 2. The van der Waals surface area contributed by atoms with Crippen LogP contribution in [0, 0.1) is 0 Å². The Morgan fingerprint density at radius 2 is 2.33 bits per heavy atom. The lowest BCUT2D eigenvalue weighted by Crippen LogP contribution is -1.77. The smallest absolute Gasteiger partial charge is 0.152 e. The van der Waals surface area contributed by atoms with Gasteiger partial charge in [-0.3, -0.25) is 4.79 Å². The lowest BCUT2D eigenvalue weighted by Gasteiger charge is -1.79. The number of ketones is 1. The first kappa shape index (κ1) is 8.94. The standard InChI is InChI=1S/C10H10OS/c1-9(11)5-2-3-6-10-7-4-8-12-10/h2-8H,1H3/b5-2+,6-3+. The second-order valence-electron chi connectivity index (χ2n) is 2.34. The van der Waals surface area contributed by atoms with Crippen LogP contribution >= 0.6 is 11.3 Å². The van der Waals surface area contributed by atoms with Gasteiger partial charge in [0.2, 0.25) is 0 Å². The molecule has 0 aliphatic rings. The van der Waals surface area contributed by atoms with Gasteiger partial charge in [-0.15, -0.1) is 11.3 Å². The Bertz CT molecular complexity index is 294. The minimum absolute atomic E-state index is 0.0748. The summed E-state index contributed by atoms with van der Waals surface area (Å²) in [5.74, 6) is 0.0748. The molecule has 0 fully saturated rings. The van der Waals surface area contributed by atoms with E-state index in [1.165, 1.54) is 11.8 Å². The van der Waals surface area contributed by atoms with Gasteiger partial charge < -0.3 is 0 Å². The maximum absolute atomic E-state index is 10.5. The molecule has 2 heteroatoms. The van der Waals surface area contributed by atoms with Crippen molar-refractivity contribution in [3.63, 3.8) is 0 Å². The second kappa shape index (κ2) is 4.67. The van der Waals surface area contributed by atoms with Gasteiger partial charge in [0.05, 0.1) is 0 Å². The average molecular weight is 178 g/mol. The molecule has 0 aliphatic heterocycles. The van der Waals surface area contributed by atoms with Gasteiger partial charge >= 0.3 is 0 Å². The number of carbonyl (C=O) groups is 1. The summed E-state index contributed by atoms with van der Waals surface area (Å²) in [5, 5.41) is 2.02. The third-order valence-electron chi connectivity index (χ3n) is 1.25. The quantitative estimate of drug-likeness (QED) is 0.513. The Balaban J connectivity index is 2.47. The van der Waals surface area contributed by atoms with Crippen molar-refractivity contribution in [2.45, 2.75) is 6.92 Å². The van der Waals surface area contributed by atoms with Crippen molar-refractivity contribution < 1.29 is 4.79 Å². The van der Waals surface area contributed by atoms with Gasteiger partial charge in [0.25, 0.3) is 0 Å². The van der Waals surface area contributed by atoms with Crippen LogP contribution in [0.3, 0.4) is 0 Å². The molecular weight excluding hydrogens is 168 g/mol. The van der Waals surface area contributed by atoms with Crippen molar-refractivity contribution in [1.29, 1.82) is 0 Å². The summed E-state index contributed by atoms with van der Waals surface area (Å²) in [5.41, 5.74) is 0. The summed E-state index contributed by atoms with van der Waals surface area (Å²) >= 11 is 1.68. The fourth-order valence-corrected chi connectivity index (χ4v) is 1.36. The van der Waals surface area contributed by atoms with Crippen LogP contribution in [0.1, 0.15) is 11.8 Å². The van der Waals surface area contributed by atoms with Crippen molar-refractivity contribution in [3.05, 3.63) is 40.6 Å². The predicted octanol–water partition coefficient (Wildman–Crippen LogP) is 2.91. The topological polar surface area (TPSA) is 17.1 Å². The van der Waals surface area contributed by atoms with Gasteiger partial charge in [0, 0.05) is 4.88 Å². The van der Waals surface area contributed by atoms with Crippen LogP contribution in [0.25, 0.3) is 6.08 Å². The number of rotatable bonds is 3. The molecule has 0 aromatic carbocycles. The number of carbonyl (C=O) groups excluding carboxylic acids is 1. The van der Waals surface area contributed by atoms with Gasteiger partial charge in [-0.05, 0) is 30.5 Å². The minimum Gasteiger partial charge on any atom is -0.295 e. The molecule has 1 rings (SSSR count). The van der Waals surface area contributed by atoms with E-state index in [1.807, 2.05) is 29.7 Å². The summed E-state index contributed by atoms with van der Waals surface area (Å²) < 4.78 is 0. The van der Waals surface area contributed by atoms with Crippen molar-refractivity contribution in [1.82, 2.24) is 0 Å².